The number of nitrogens with zero attached hydrogens (tertiary/aromatic N) is 4. The van der Waals surface area contributed by atoms with Gasteiger partial charge in [0.2, 0.25) is 11.8 Å². The first-order valence-electron chi connectivity index (χ1n) is 5.62. The van der Waals surface area contributed by atoms with E-state index >= 15 is 0 Å². The Hall–Kier alpha value is -1.93. The van der Waals surface area contributed by atoms with Crippen LogP contribution in [0.3, 0.4) is 0 Å². The van der Waals surface area contributed by atoms with E-state index < -0.39 is 4.92 Å². The number of nitro groups is 1. The molecule has 20 heavy (non-hydrogen) atoms. The van der Waals surface area contributed by atoms with E-state index in [0.29, 0.717) is 10.9 Å². The normalized spacial score (nSPS) is 10.6. The van der Waals surface area contributed by atoms with Gasteiger partial charge in [-0.15, -0.1) is 11.3 Å². The molecule has 0 fully saturated rings. The van der Waals surface area contributed by atoms with Gasteiger partial charge in [0.1, 0.15) is 5.69 Å². The summed E-state index contributed by atoms with van der Waals surface area (Å²) >= 11 is 7.28. The number of anilines is 2. The number of rotatable bonds is 4. The van der Waals surface area contributed by atoms with Crippen LogP contribution in [0.15, 0.2) is 12.1 Å². The Morgan fingerprint density at radius 2 is 2.20 bits per heavy atom. The van der Waals surface area contributed by atoms with Gasteiger partial charge in [0.15, 0.2) is 0 Å². The lowest BCUT2D eigenvalue weighted by atomic mass is 10.3. The van der Waals surface area contributed by atoms with Gasteiger partial charge in [-0.1, -0.05) is 11.6 Å². The summed E-state index contributed by atoms with van der Waals surface area (Å²) in [6.45, 7) is 1.99. The number of nitrogen functional groups attached to an aromatic ring is 1. The van der Waals surface area contributed by atoms with Crippen LogP contribution < -0.4 is 10.6 Å². The molecule has 0 unspecified atom stereocenters. The molecule has 2 aromatic rings. The summed E-state index contributed by atoms with van der Waals surface area (Å²) in [5.41, 5.74) is 5.68. The van der Waals surface area contributed by atoms with Crippen LogP contribution in [-0.4, -0.2) is 21.9 Å². The minimum Gasteiger partial charge on any atom is -0.368 e. The lowest BCUT2D eigenvalue weighted by Crippen LogP contribution is -2.20. The molecule has 0 atom stereocenters. The number of aryl methyl sites for hydroxylation is 1. The molecule has 0 bridgehead atoms. The molecule has 0 radical (unpaired) electrons. The molecule has 2 heterocycles. The number of thiophene rings is 1. The second kappa shape index (κ2) is 5.59. The highest BCUT2D eigenvalue weighted by Gasteiger charge is 2.24. The van der Waals surface area contributed by atoms with Crippen molar-refractivity contribution >= 4 is 40.4 Å². The predicted octanol–water partition coefficient (Wildman–Crippen LogP) is 2.63. The minimum absolute atomic E-state index is 0.0131. The predicted molar refractivity (Wildman–Crippen MR) is 79.3 cm³/mol. The Labute approximate surface area is 124 Å². The Morgan fingerprint density at radius 3 is 2.75 bits per heavy atom. The molecule has 0 saturated heterocycles. The number of nitrogens with two attached hydrogens (primary N) is 1. The van der Waals surface area contributed by atoms with Gasteiger partial charge >= 0.3 is 5.69 Å². The van der Waals surface area contributed by atoms with Crippen LogP contribution in [0.5, 0.6) is 0 Å². The van der Waals surface area contributed by atoms with Crippen molar-refractivity contribution in [1.29, 1.82) is 0 Å². The molecule has 0 spiro atoms. The molecule has 0 aliphatic rings. The number of hydrogen-bond donors (Lipinski definition) is 1. The van der Waals surface area contributed by atoms with Crippen molar-refractivity contribution in [2.45, 2.75) is 13.5 Å². The lowest BCUT2D eigenvalue weighted by Gasteiger charge is -2.17. The monoisotopic (exact) mass is 313 g/mol. The van der Waals surface area contributed by atoms with E-state index in [0.717, 1.165) is 4.88 Å². The fourth-order valence-corrected chi connectivity index (χ4v) is 2.94. The molecular weight excluding hydrogens is 302 g/mol. The third kappa shape index (κ3) is 2.97. The van der Waals surface area contributed by atoms with Crippen molar-refractivity contribution in [3.05, 3.63) is 37.2 Å². The zero-order valence-electron chi connectivity index (χ0n) is 10.8. The summed E-state index contributed by atoms with van der Waals surface area (Å²) in [5.74, 6) is 0.212. The SMILES string of the molecule is Cc1nc(N)nc(N(C)Cc2ccc(Cl)s2)c1[N+](=O)[O-]. The average Bonchev–Trinajstić information content (AvgIpc) is 2.72. The highest BCUT2D eigenvalue weighted by atomic mass is 35.5. The first-order valence-corrected chi connectivity index (χ1v) is 6.81. The minimum atomic E-state index is -0.498. The zero-order chi connectivity index (χ0) is 14.9. The maximum Gasteiger partial charge on any atom is 0.332 e. The molecule has 0 aromatic carbocycles. The first kappa shape index (κ1) is 14.5. The molecule has 2 rings (SSSR count). The molecule has 2 N–H and O–H groups in total. The Balaban J connectivity index is 2.38. The Bertz CT molecular complexity index is 660. The summed E-state index contributed by atoms with van der Waals surface area (Å²) in [6, 6.07) is 3.65. The van der Waals surface area contributed by atoms with E-state index in [-0.39, 0.29) is 23.1 Å². The molecule has 7 nitrogen and oxygen atoms in total. The van der Waals surface area contributed by atoms with Crippen molar-refractivity contribution in [2.24, 2.45) is 0 Å². The van der Waals surface area contributed by atoms with Gasteiger partial charge in [0, 0.05) is 11.9 Å². The van der Waals surface area contributed by atoms with Crippen molar-refractivity contribution in [2.75, 3.05) is 17.7 Å². The van der Waals surface area contributed by atoms with Gasteiger partial charge in [-0.25, -0.2) is 4.98 Å². The average molecular weight is 314 g/mol. The van der Waals surface area contributed by atoms with Gasteiger partial charge in [-0.2, -0.15) is 4.98 Å². The van der Waals surface area contributed by atoms with Gasteiger partial charge in [0.25, 0.3) is 0 Å². The summed E-state index contributed by atoms with van der Waals surface area (Å²) < 4.78 is 0.668. The Kier molecular flexibility index (Phi) is 4.05. The zero-order valence-corrected chi connectivity index (χ0v) is 12.4. The maximum absolute atomic E-state index is 11.2. The molecule has 0 aliphatic heterocycles. The van der Waals surface area contributed by atoms with Crippen molar-refractivity contribution in [1.82, 2.24) is 9.97 Å². The second-order valence-corrected chi connectivity index (χ2v) is 5.96. The number of aromatic nitrogens is 2. The third-order valence-electron chi connectivity index (χ3n) is 2.62. The summed E-state index contributed by atoms with van der Waals surface area (Å²) in [7, 11) is 1.71. The standard InChI is InChI=1S/C11H12ClN5O2S/c1-6-9(17(18)19)10(15-11(13)14-6)16(2)5-7-3-4-8(12)20-7/h3-4H,5H2,1-2H3,(H2,13,14,15). The highest BCUT2D eigenvalue weighted by molar-refractivity contribution is 7.16. The third-order valence-corrected chi connectivity index (χ3v) is 3.84. The van der Waals surface area contributed by atoms with Crippen LogP contribution >= 0.6 is 22.9 Å². The molecule has 106 valence electrons. The van der Waals surface area contributed by atoms with E-state index in [9.17, 15) is 10.1 Å². The maximum atomic E-state index is 11.2. The van der Waals surface area contributed by atoms with Crippen LogP contribution in [0.1, 0.15) is 10.6 Å². The van der Waals surface area contributed by atoms with Crippen molar-refractivity contribution in [3.63, 3.8) is 0 Å². The topological polar surface area (TPSA) is 98.2 Å². The first-order chi connectivity index (χ1) is 9.38. The smallest absolute Gasteiger partial charge is 0.332 e. The van der Waals surface area contributed by atoms with Gasteiger partial charge < -0.3 is 10.6 Å². The van der Waals surface area contributed by atoms with Gasteiger partial charge in [-0.05, 0) is 19.1 Å². The lowest BCUT2D eigenvalue weighted by molar-refractivity contribution is -0.385. The van der Waals surface area contributed by atoms with Gasteiger partial charge in [0.05, 0.1) is 15.8 Å². The second-order valence-electron chi connectivity index (χ2n) is 4.16. The summed E-state index contributed by atoms with van der Waals surface area (Å²) in [5, 5.41) is 11.2. The molecule has 9 heteroatoms. The van der Waals surface area contributed by atoms with Crippen LogP contribution in [0.25, 0.3) is 0 Å². The molecule has 0 saturated carbocycles. The quantitative estimate of drug-likeness (QED) is 0.688. The van der Waals surface area contributed by atoms with E-state index in [2.05, 4.69) is 9.97 Å². The fourth-order valence-electron chi connectivity index (χ4n) is 1.80. The fraction of sp³-hybridized carbons (Fsp3) is 0.273. The summed E-state index contributed by atoms with van der Waals surface area (Å²) in [4.78, 5) is 21.1. The van der Waals surface area contributed by atoms with Gasteiger partial charge in [-0.3, -0.25) is 10.1 Å². The molecular formula is C11H12ClN5O2S. The van der Waals surface area contributed by atoms with Crippen LogP contribution in [-0.2, 0) is 6.54 Å². The van der Waals surface area contributed by atoms with Crippen LogP contribution in [0, 0.1) is 17.0 Å². The van der Waals surface area contributed by atoms with E-state index in [1.54, 1.807) is 18.0 Å². The molecule has 0 amide bonds. The number of halogens is 1. The van der Waals surface area contributed by atoms with Crippen molar-refractivity contribution in [3.8, 4) is 0 Å². The molecule has 2 aromatic heterocycles. The summed E-state index contributed by atoms with van der Waals surface area (Å²) in [6.07, 6.45) is 0. The van der Waals surface area contributed by atoms with Crippen LogP contribution in [0.4, 0.5) is 17.5 Å². The van der Waals surface area contributed by atoms with Crippen molar-refractivity contribution < 1.29 is 4.92 Å². The largest absolute Gasteiger partial charge is 0.368 e. The van der Waals surface area contributed by atoms with Crippen LogP contribution in [0.2, 0.25) is 4.34 Å². The molecule has 0 aliphatic carbocycles. The highest BCUT2D eigenvalue weighted by Crippen LogP contribution is 2.30. The number of hydrogen-bond acceptors (Lipinski definition) is 7. The van der Waals surface area contributed by atoms with E-state index in [1.165, 1.54) is 18.3 Å². The van der Waals surface area contributed by atoms with E-state index in [4.69, 9.17) is 17.3 Å². The Morgan fingerprint density at radius 1 is 1.50 bits per heavy atom. The van der Waals surface area contributed by atoms with E-state index in [1.807, 2.05) is 6.07 Å².